The highest BCUT2D eigenvalue weighted by atomic mass is 15.1. The molecule has 0 heterocycles. The van der Waals surface area contributed by atoms with Crippen LogP contribution in [0.2, 0.25) is 0 Å². The van der Waals surface area contributed by atoms with Crippen LogP contribution < -0.4 is 9.80 Å². The molecule has 0 saturated heterocycles. The molecule has 2 nitrogen and oxygen atoms in total. The second-order valence-electron chi connectivity index (χ2n) is 11.1. The van der Waals surface area contributed by atoms with Crippen molar-refractivity contribution in [3.8, 4) is 0 Å². The molecule has 31 heavy (non-hydrogen) atoms. The topological polar surface area (TPSA) is 6.48 Å². The van der Waals surface area contributed by atoms with Crippen molar-refractivity contribution >= 4 is 11.4 Å². The summed E-state index contributed by atoms with van der Waals surface area (Å²) >= 11 is 0. The van der Waals surface area contributed by atoms with Gasteiger partial charge in [0.2, 0.25) is 0 Å². The zero-order valence-electron chi connectivity index (χ0n) is 19.0. The Bertz CT molecular complexity index is 844. The predicted molar refractivity (Wildman–Crippen MR) is 131 cm³/mol. The lowest BCUT2D eigenvalue weighted by molar-refractivity contribution is 0.679. The number of nitrogens with zero attached hydrogens (tertiary/aromatic N) is 2. The molecule has 2 heteroatoms. The minimum absolute atomic E-state index is 0.948. The van der Waals surface area contributed by atoms with E-state index in [2.05, 4.69) is 58.3 Å². The molecule has 6 rings (SSSR count). The van der Waals surface area contributed by atoms with Crippen molar-refractivity contribution in [1.82, 2.24) is 0 Å². The molecule has 2 aromatic rings. The van der Waals surface area contributed by atoms with E-state index in [1.54, 1.807) is 0 Å². The van der Waals surface area contributed by atoms with Crippen LogP contribution in [0.4, 0.5) is 11.4 Å². The first-order valence-electron chi connectivity index (χ1n) is 13.0. The number of hydrogen-bond acceptors (Lipinski definition) is 2. The van der Waals surface area contributed by atoms with Gasteiger partial charge in [-0.15, -0.1) is 0 Å². The average molecular weight is 415 g/mol. The van der Waals surface area contributed by atoms with Gasteiger partial charge in [0.25, 0.3) is 0 Å². The van der Waals surface area contributed by atoms with E-state index in [1.165, 1.54) is 100 Å². The van der Waals surface area contributed by atoms with Gasteiger partial charge in [-0.1, -0.05) is 24.3 Å². The Morgan fingerprint density at radius 3 is 1.48 bits per heavy atom. The first-order chi connectivity index (χ1) is 15.3. The molecule has 0 radical (unpaired) electrons. The van der Waals surface area contributed by atoms with Crippen LogP contribution in [0, 0.1) is 23.7 Å². The molecule has 0 unspecified atom stereocenters. The molecule has 0 aromatic heterocycles. The molecule has 164 valence electrons. The van der Waals surface area contributed by atoms with Gasteiger partial charge in [0.1, 0.15) is 0 Å². The third-order valence-electron chi connectivity index (χ3n) is 7.69. The fourth-order valence-electron chi connectivity index (χ4n) is 4.94. The van der Waals surface area contributed by atoms with Gasteiger partial charge < -0.3 is 9.80 Å². The van der Waals surface area contributed by atoms with Gasteiger partial charge in [-0.3, -0.25) is 0 Å². The Hall–Kier alpha value is -1.96. The summed E-state index contributed by atoms with van der Waals surface area (Å²) in [7, 11) is 0. The van der Waals surface area contributed by atoms with E-state index >= 15 is 0 Å². The maximum absolute atomic E-state index is 2.69. The van der Waals surface area contributed by atoms with Crippen molar-refractivity contribution in [2.24, 2.45) is 23.7 Å². The third-order valence-corrected chi connectivity index (χ3v) is 7.69. The highest BCUT2D eigenvalue weighted by Crippen LogP contribution is 2.37. The Morgan fingerprint density at radius 1 is 0.516 bits per heavy atom. The van der Waals surface area contributed by atoms with Gasteiger partial charge in [-0.05, 0) is 117 Å². The smallest absolute Gasteiger partial charge is 0.0369 e. The van der Waals surface area contributed by atoms with E-state index in [9.17, 15) is 0 Å². The molecule has 2 aromatic carbocycles. The van der Waals surface area contributed by atoms with Crippen molar-refractivity contribution in [1.29, 1.82) is 0 Å². The van der Waals surface area contributed by atoms with E-state index in [0.717, 1.165) is 30.1 Å². The van der Waals surface area contributed by atoms with Gasteiger partial charge >= 0.3 is 0 Å². The molecule has 4 aliphatic carbocycles. The fraction of sp³-hybridized carbons (Fsp3) is 0.586. The molecule has 0 spiro atoms. The summed E-state index contributed by atoms with van der Waals surface area (Å²) in [6.45, 7) is 5.09. The molecule has 0 atom stereocenters. The first-order valence-corrected chi connectivity index (χ1v) is 13.0. The Kier molecular flexibility index (Phi) is 5.42. The van der Waals surface area contributed by atoms with Crippen molar-refractivity contribution in [3.63, 3.8) is 0 Å². The van der Waals surface area contributed by atoms with E-state index in [-0.39, 0.29) is 0 Å². The summed E-state index contributed by atoms with van der Waals surface area (Å²) in [5.74, 6) is 3.80. The fourth-order valence-corrected chi connectivity index (χ4v) is 4.94. The van der Waals surface area contributed by atoms with Gasteiger partial charge in [0, 0.05) is 37.6 Å². The summed E-state index contributed by atoms with van der Waals surface area (Å²) < 4.78 is 0. The summed E-state index contributed by atoms with van der Waals surface area (Å²) in [6, 6.07) is 18.9. The molecular formula is C29H38N2. The van der Waals surface area contributed by atoms with E-state index in [0.29, 0.717) is 0 Å². The Morgan fingerprint density at radius 2 is 1.00 bits per heavy atom. The summed E-state index contributed by atoms with van der Waals surface area (Å²) in [5.41, 5.74) is 5.79. The lowest BCUT2D eigenvalue weighted by Gasteiger charge is -2.26. The Balaban J connectivity index is 1.12. The van der Waals surface area contributed by atoms with Crippen LogP contribution in [-0.4, -0.2) is 26.2 Å². The quantitative estimate of drug-likeness (QED) is 0.389. The third kappa shape index (κ3) is 5.64. The molecule has 4 aliphatic rings. The normalized spacial score (nSPS) is 20.6. The zero-order chi connectivity index (χ0) is 20.6. The van der Waals surface area contributed by atoms with E-state index < -0.39 is 0 Å². The van der Waals surface area contributed by atoms with Gasteiger partial charge in [0.05, 0.1) is 0 Å². The van der Waals surface area contributed by atoms with Crippen LogP contribution in [0.1, 0.15) is 62.5 Å². The Labute approximate surface area is 188 Å². The van der Waals surface area contributed by atoms with Crippen molar-refractivity contribution < 1.29 is 0 Å². The minimum Gasteiger partial charge on any atom is -0.371 e. The lowest BCUT2D eigenvalue weighted by Crippen LogP contribution is -2.28. The summed E-state index contributed by atoms with van der Waals surface area (Å²) in [5, 5.41) is 0. The molecule has 0 aliphatic heterocycles. The number of anilines is 2. The molecule has 0 amide bonds. The highest BCUT2D eigenvalue weighted by molar-refractivity contribution is 5.52. The predicted octanol–water partition coefficient (Wildman–Crippen LogP) is 6.53. The van der Waals surface area contributed by atoms with Gasteiger partial charge in [-0.2, -0.15) is 0 Å². The maximum atomic E-state index is 2.69. The van der Waals surface area contributed by atoms with E-state index in [4.69, 9.17) is 0 Å². The molecule has 0 N–H and O–H groups in total. The van der Waals surface area contributed by atoms with Crippen LogP contribution in [-0.2, 0) is 6.42 Å². The van der Waals surface area contributed by atoms with Crippen LogP contribution in [0.3, 0.4) is 0 Å². The average Bonchev–Trinajstić information content (AvgIpc) is 3.62. The number of hydrogen-bond donors (Lipinski definition) is 0. The van der Waals surface area contributed by atoms with Gasteiger partial charge in [0.15, 0.2) is 0 Å². The minimum atomic E-state index is 0.948. The largest absolute Gasteiger partial charge is 0.371 e. The second-order valence-corrected chi connectivity index (χ2v) is 11.1. The van der Waals surface area contributed by atoms with Crippen molar-refractivity contribution in [2.45, 2.75) is 57.8 Å². The lowest BCUT2D eigenvalue weighted by atomic mass is 10.0. The molecule has 4 fully saturated rings. The molecule has 4 saturated carbocycles. The number of rotatable bonds is 12. The van der Waals surface area contributed by atoms with Crippen LogP contribution in [0.15, 0.2) is 48.5 Å². The molecule has 0 bridgehead atoms. The zero-order valence-corrected chi connectivity index (χ0v) is 19.0. The summed E-state index contributed by atoms with van der Waals surface area (Å²) in [6.07, 6.45) is 12.5. The van der Waals surface area contributed by atoms with Crippen LogP contribution in [0.5, 0.6) is 0 Å². The van der Waals surface area contributed by atoms with Crippen molar-refractivity contribution in [2.75, 3.05) is 36.0 Å². The molecular weight excluding hydrogens is 376 g/mol. The monoisotopic (exact) mass is 414 g/mol. The second kappa shape index (κ2) is 8.52. The van der Waals surface area contributed by atoms with Crippen molar-refractivity contribution in [3.05, 3.63) is 59.7 Å². The standard InChI is InChI=1S/C29H38N2/c1-2-27(17-29(3-1)31(20-25-8-9-25)21-26-10-11-26)16-22-12-14-28(15-13-22)30(18-23-4-5-23)19-24-6-7-24/h1-3,12-15,17,23-26H,4-11,16,18-21H2. The van der Waals surface area contributed by atoms with Crippen LogP contribution in [0.25, 0.3) is 0 Å². The van der Waals surface area contributed by atoms with Gasteiger partial charge in [-0.25, -0.2) is 0 Å². The summed E-state index contributed by atoms with van der Waals surface area (Å²) in [4.78, 5) is 5.36. The maximum Gasteiger partial charge on any atom is 0.0369 e. The first kappa shape index (κ1) is 19.7. The van der Waals surface area contributed by atoms with E-state index in [1.807, 2.05) is 0 Å². The van der Waals surface area contributed by atoms with Crippen LogP contribution >= 0.6 is 0 Å². The number of benzene rings is 2. The highest BCUT2D eigenvalue weighted by Gasteiger charge is 2.30. The SMILES string of the molecule is c1cc(Cc2ccc(N(CC3CC3)CC3CC3)cc2)cc(N(CC2CC2)CC2CC2)c1.